The van der Waals surface area contributed by atoms with Gasteiger partial charge in [0.15, 0.2) is 0 Å². The van der Waals surface area contributed by atoms with E-state index in [1.54, 1.807) is 0 Å². The normalized spacial score (nSPS) is 18.5. The van der Waals surface area contributed by atoms with E-state index >= 15 is 0 Å². The second kappa shape index (κ2) is 6.76. The molecule has 0 fully saturated rings. The summed E-state index contributed by atoms with van der Waals surface area (Å²) in [5.74, 6) is 1.66. The molecule has 0 aliphatic carbocycles. The van der Waals surface area contributed by atoms with Gasteiger partial charge in [-0.3, -0.25) is 0 Å². The zero-order valence-corrected chi connectivity index (χ0v) is 11.3. The quantitative estimate of drug-likeness (QED) is 0.839. The number of ether oxygens (including phenoxy) is 1. The number of hydrogen-bond donors (Lipinski definition) is 1. The van der Waals surface area contributed by atoms with Crippen molar-refractivity contribution in [3.05, 3.63) is 29.8 Å². The van der Waals surface area contributed by atoms with E-state index in [9.17, 15) is 0 Å². The molecule has 1 aliphatic rings. The van der Waals surface area contributed by atoms with Gasteiger partial charge < -0.3 is 15.4 Å². The molecule has 1 aromatic rings. The van der Waals surface area contributed by atoms with Crippen molar-refractivity contribution in [3.63, 3.8) is 0 Å². The van der Waals surface area contributed by atoms with Crippen LogP contribution in [-0.4, -0.2) is 37.7 Å². The topological polar surface area (TPSA) is 38.5 Å². The molecule has 3 nitrogen and oxygen atoms in total. The van der Waals surface area contributed by atoms with Crippen molar-refractivity contribution in [2.24, 2.45) is 5.73 Å². The minimum absolute atomic E-state index is 0.591. The summed E-state index contributed by atoms with van der Waals surface area (Å²) in [6.45, 7) is 7.03. The molecule has 1 aliphatic heterocycles. The number of para-hydroxylation sites is 1. The van der Waals surface area contributed by atoms with Crippen molar-refractivity contribution in [1.29, 1.82) is 0 Å². The summed E-state index contributed by atoms with van der Waals surface area (Å²) in [5.41, 5.74) is 7.06. The Kier molecular flexibility index (Phi) is 5.02. The number of fused-ring (bicyclic) bond motifs is 1. The van der Waals surface area contributed by atoms with Crippen molar-refractivity contribution in [2.45, 2.75) is 25.7 Å². The fraction of sp³-hybridized carbons (Fsp3) is 0.600. The third kappa shape index (κ3) is 3.24. The van der Waals surface area contributed by atoms with Crippen molar-refractivity contribution >= 4 is 0 Å². The molecule has 2 rings (SSSR count). The average molecular weight is 248 g/mol. The molecule has 1 heterocycles. The second-order valence-corrected chi connectivity index (χ2v) is 4.96. The monoisotopic (exact) mass is 248 g/mol. The van der Waals surface area contributed by atoms with Crippen LogP contribution in [-0.2, 0) is 0 Å². The zero-order valence-electron chi connectivity index (χ0n) is 11.3. The summed E-state index contributed by atoms with van der Waals surface area (Å²) in [5, 5.41) is 0. The standard InChI is InChI=1S/C15H24N2O/c1-2-9-17(10-8-16)12-13-7-11-18-15-6-4-3-5-14(13)15/h3-6,13H,2,7-12,16H2,1H3. The van der Waals surface area contributed by atoms with Gasteiger partial charge in [0, 0.05) is 25.6 Å². The molecular weight excluding hydrogens is 224 g/mol. The Balaban J connectivity index is 2.05. The van der Waals surface area contributed by atoms with Crippen LogP contribution in [0, 0.1) is 0 Å². The van der Waals surface area contributed by atoms with E-state index in [0.29, 0.717) is 5.92 Å². The van der Waals surface area contributed by atoms with Crippen LogP contribution in [0.3, 0.4) is 0 Å². The highest BCUT2D eigenvalue weighted by Crippen LogP contribution is 2.33. The van der Waals surface area contributed by atoms with Crippen LogP contribution in [0.25, 0.3) is 0 Å². The largest absolute Gasteiger partial charge is 0.493 e. The fourth-order valence-electron chi connectivity index (χ4n) is 2.71. The summed E-state index contributed by atoms with van der Waals surface area (Å²) < 4.78 is 5.71. The van der Waals surface area contributed by atoms with E-state index in [0.717, 1.165) is 45.0 Å². The number of rotatable bonds is 6. The van der Waals surface area contributed by atoms with E-state index in [1.165, 1.54) is 12.0 Å². The van der Waals surface area contributed by atoms with Crippen LogP contribution in [0.5, 0.6) is 5.75 Å². The molecule has 0 bridgehead atoms. The van der Waals surface area contributed by atoms with Gasteiger partial charge in [0.25, 0.3) is 0 Å². The second-order valence-electron chi connectivity index (χ2n) is 4.96. The predicted molar refractivity (Wildman–Crippen MR) is 75.1 cm³/mol. The third-order valence-corrected chi connectivity index (χ3v) is 3.55. The van der Waals surface area contributed by atoms with Gasteiger partial charge in [-0.25, -0.2) is 0 Å². The highest BCUT2D eigenvalue weighted by molar-refractivity contribution is 5.37. The van der Waals surface area contributed by atoms with Crippen molar-refractivity contribution < 1.29 is 4.74 Å². The summed E-state index contributed by atoms with van der Waals surface area (Å²) in [4.78, 5) is 2.48. The highest BCUT2D eigenvalue weighted by atomic mass is 16.5. The molecular formula is C15H24N2O. The van der Waals surface area contributed by atoms with Gasteiger partial charge >= 0.3 is 0 Å². The third-order valence-electron chi connectivity index (χ3n) is 3.55. The Morgan fingerprint density at radius 1 is 1.33 bits per heavy atom. The van der Waals surface area contributed by atoms with Crippen LogP contribution in [0.15, 0.2) is 24.3 Å². The molecule has 2 N–H and O–H groups in total. The molecule has 0 saturated heterocycles. The maximum Gasteiger partial charge on any atom is 0.122 e. The molecule has 0 radical (unpaired) electrons. The van der Waals surface area contributed by atoms with Crippen molar-refractivity contribution in [3.8, 4) is 5.75 Å². The van der Waals surface area contributed by atoms with Gasteiger partial charge in [-0.1, -0.05) is 25.1 Å². The number of nitrogens with two attached hydrogens (primary N) is 1. The van der Waals surface area contributed by atoms with Gasteiger partial charge in [-0.2, -0.15) is 0 Å². The highest BCUT2D eigenvalue weighted by Gasteiger charge is 2.22. The fourth-order valence-corrected chi connectivity index (χ4v) is 2.71. The van der Waals surface area contributed by atoms with Gasteiger partial charge in [0.1, 0.15) is 5.75 Å². The first-order valence-corrected chi connectivity index (χ1v) is 6.99. The van der Waals surface area contributed by atoms with Crippen molar-refractivity contribution in [2.75, 3.05) is 32.8 Å². The van der Waals surface area contributed by atoms with E-state index in [1.807, 2.05) is 6.07 Å². The first-order chi connectivity index (χ1) is 8.85. The summed E-state index contributed by atoms with van der Waals surface area (Å²) >= 11 is 0. The zero-order chi connectivity index (χ0) is 12.8. The van der Waals surface area contributed by atoms with Gasteiger partial charge in [0.05, 0.1) is 6.61 Å². The minimum atomic E-state index is 0.591. The SMILES string of the molecule is CCCN(CCN)CC1CCOc2ccccc21. The van der Waals surface area contributed by atoms with E-state index in [2.05, 4.69) is 30.0 Å². The Morgan fingerprint density at radius 2 is 2.17 bits per heavy atom. The van der Waals surface area contributed by atoms with Crippen LogP contribution in [0.2, 0.25) is 0 Å². The van der Waals surface area contributed by atoms with Crippen LogP contribution < -0.4 is 10.5 Å². The lowest BCUT2D eigenvalue weighted by Gasteiger charge is -2.31. The first-order valence-electron chi connectivity index (χ1n) is 6.99. The van der Waals surface area contributed by atoms with Gasteiger partial charge in [-0.15, -0.1) is 0 Å². The molecule has 100 valence electrons. The van der Waals surface area contributed by atoms with E-state index in [-0.39, 0.29) is 0 Å². The number of hydrogen-bond acceptors (Lipinski definition) is 3. The van der Waals surface area contributed by atoms with Crippen LogP contribution in [0.4, 0.5) is 0 Å². The lowest BCUT2D eigenvalue weighted by atomic mass is 9.92. The molecule has 0 amide bonds. The molecule has 18 heavy (non-hydrogen) atoms. The van der Waals surface area contributed by atoms with Crippen LogP contribution >= 0.6 is 0 Å². The van der Waals surface area contributed by atoms with Crippen molar-refractivity contribution in [1.82, 2.24) is 4.90 Å². The molecule has 1 unspecified atom stereocenters. The summed E-state index contributed by atoms with van der Waals surface area (Å²) in [6.07, 6.45) is 2.30. The first kappa shape index (κ1) is 13.4. The average Bonchev–Trinajstić information content (AvgIpc) is 2.40. The Morgan fingerprint density at radius 3 is 2.94 bits per heavy atom. The van der Waals surface area contributed by atoms with E-state index in [4.69, 9.17) is 10.5 Å². The molecule has 1 aromatic carbocycles. The summed E-state index contributed by atoms with van der Waals surface area (Å²) in [7, 11) is 0. The Labute approximate surface area is 110 Å². The predicted octanol–water partition coefficient (Wildman–Crippen LogP) is 2.22. The number of nitrogens with zero attached hydrogens (tertiary/aromatic N) is 1. The lowest BCUT2D eigenvalue weighted by Crippen LogP contribution is -2.35. The molecule has 0 aromatic heterocycles. The maximum atomic E-state index is 5.71. The smallest absolute Gasteiger partial charge is 0.122 e. The summed E-state index contributed by atoms with van der Waals surface area (Å²) in [6, 6.07) is 8.43. The van der Waals surface area contributed by atoms with E-state index < -0.39 is 0 Å². The molecule has 1 atom stereocenters. The van der Waals surface area contributed by atoms with Gasteiger partial charge in [-0.05, 0) is 31.0 Å². The molecule has 3 heteroatoms. The molecule has 0 spiro atoms. The van der Waals surface area contributed by atoms with Crippen LogP contribution in [0.1, 0.15) is 31.2 Å². The Bertz CT molecular complexity index is 361. The lowest BCUT2D eigenvalue weighted by molar-refractivity contribution is 0.214. The maximum absolute atomic E-state index is 5.71. The molecule has 0 saturated carbocycles. The van der Waals surface area contributed by atoms with Gasteiger partial charge in [0.2, 0.25) is 0 Å². The number of benzene rings is 1. The minimum Gasteiger partial charge on any atom is -0.493 e. The Hall–Kier alpha value is -1.06.